The first-order valence-electron chi connectivity index (χ1n) is 6.05. The third-order valence-corrected chi connectivity index (χ3v) is 3.81. The van der Waals surface area contributed by atoms with Crippen LogP contribution >= 0.6 is 0 Å². The second-order valence-electron chi connectivity index (χ2n) is 5.22. The van der Waals surface area contributed by atoms with E-state index in [1.54, 1.807) is 18.2 Å². The molecule has 2 aromatic rings. The molecule has 6 heteroatoms. The van der Waals surface area contributed by atoms with Crippen molar-refractivity contribution >= 4 is 17.6 Å². The molecule has 0 saturated carbocycles. The van der Waals surface area contributed by atoms with E-state index < -0.39 is 16.1 Å². The molecule has 0 aliphatic heterocycles. The second kappa shape index (κ2) is 5.76. The summed E-state index contributed by atoms with van der Waals surface area (Å²) in [5.41, 5.74) is 1.19. The Morgan fingerprint density at radius 3 is 2.55 bits per heavy atom. The Labute approximate surface area is 120 Å². The van der Waals surface area contributed by atoms with Crippen LogP contribution in [0.25, 0.3) is 11.3 Å². The third-order valence-electron chi connectivity index (χ3n) is 2.46. The fourth-order valence-corrected chi connectivity index (χ4v) is 1.88. The molecular weight excluding hydrogens is 279 g/mol. The third kappa shape index (κ3) is 3.68. The van der Waals surface area contributed by atoms with Crippen LogP contribution < -0.4 is 0 Å². The summed E-state index contributed by atoms with van der Waals surface area (Å²) < 4.78 is 33.3. The summed E-state index contributed by atoms with van der Waals surface area (Å²) in [5, 5.41) is 3.82. The maximum Gasteiger partial charge on any atom is 0.167 e. The lowest BCUT2D eigenvalue weighted by atomic mass is 10.1. The SMILES string of the molecule is CC(C)(C)[S+]([O-])/N=C/c1cc(-c2ccc(F)cc2)on1. The van der Waals surface area contributed by atoms with Gasteiger partial charge in [-0.1, -0.05) is 9.55 Å². The minimum absolute atomic E-state index is 0.310. The zero-order valence-electron chi connectivity index (χ0n) is 11.5. The summed E-state index contributed by atoms with van der Waals surface area (Å²) in [6.07, 6.45) is 1.41. The average molecular weight is 294 g/mol. The minimum Gasteiger partial charge on any atom is -0.591 e. The lowest BCUT2D eigenvalue weighted by Gasteiger charge is -2.17. The van der Waals surface area contributed by atoms with Crippen molar-refractivity contribution in [1.82, 2.24) is 5.16 Å². The molecule has 1 heterocycles. The molecule has 0 radical (unpaired) electrons. The molecule has 1 aromatic heterocycles. The molecule has 0 fully saturated rings. The highest BCUT2D eigenvalue weighted by atomic mass is 32.2. The Morgan fingerprint density at radius 2 is 1.95 bits per heavy atom. The number of halogens is 1. The molecule has 0 aliphatic rings. The summed E-state index contributed by atoms with van der Waals surface area (Å²) in [5.74, 6) is 0.198. The van der Waals surface area contributed by atoms with Crippen molar-refractivity contribution in [1.29, 1.82) is 0 Å². The van der Waals surface area contributed by atoms with E-state index >= 15 is 0 Å². The molecule has 1 aromatic carbocycles. The van der Waals surface area contributed by atoms with Crippen molar-refractivity contribution in [2.75, 3.05) is 0 Å². The van der Waals surface area contributed by atoms with E-state index in [0.717, 1.165) is 5.56 Å². The highest BCUT2D eigenvalue weighted by Crippen LogP contribution is 2.21. The van der Waals surface area contributed by atoms with Crippen molar-refractivity contribution < 1.29 is 13.5 Å². The van der Waals surface area contributed by atoms with Crippen LogP contribution in [0.4, 0.5) is 4.39 Å². The van der Waals surface area contributed by atoms with E-state index in [2.05, 4.69) is 9.55 Å². The van der Waals surface area contributed by atoms with Gasteiger partial charge in [-0.15, -0.1) is 0 Å². The van der Waals surface area contributed by atoms with E-state index in [9.17, 15) is 8.94 Å². The van der Waals surface area contributed by atoms with E-state index in [1.165, 1.54) is 18.3 Å². The largest absolute Gasteiger partial charge is 0.591 e. The Hall–Kier alpha value is -1.66. The van der Waals surface area contributed by atoms with E-state index in [-0.39, 0.29) is 5.82 Å². The van der Waals surface area contributed by atoms with Gasteiger partial charge in [0, 0.05) is 11.6 Å². The fraction of sp³-hybridized carbons (Fsp3) is 0.286. The van der Waals surface area contributed by atoms with Crippen LogP contribution in [0.5, 0.6) is 0 Å². The molecule has 106 valence electrons. The number of nitrogens with zero attached hydrogens (tertiary/aromatic N) is 2. The van der Waals surface area contributed by atoms with Crippen LogP contribution in [0.2, 0.25) is 0 Å². The van der Waals surface area contributed by atoms with Crippen molar-refractivity contribution in [3.05, 3.63) is 41.8 Å². The first-order valence-corrected chi connectivity index (χ1v) is 7.15. The average Bonchev–Trinajstić information content (AvgIpc) is 2.84. The predicted molar refractivity (Wildman–Crippen MR) is 77.4 cm³/mol. The Bertz CT molecular complexity index is 602. The van der Waals surface area contributed by atoms with Crippen molar-refractivity contribution in [2.45, 2.75) is 25.5 Å². The van der Waals surface area contributed by atoms with E-state index in [1.807, 2.05) is 20.8 Å². The van der Waals surface area contributed by atoms with Gasteiger partial charge in [-0.25, -0.2) is 4.39 Å². The number of benzene rings is 1. The van der Waals surface area contributed by atoms with Crippen molar-refractivity contribution in [3.8, 4) is 11.3 Å². The number of rotatable bonds is 3. The predicted octanol–water partition coefficient (Wildman–Crippen LogP) is 3.36. The molecular formula is C14H15FN2O2S. The second-order valence-corrected chi connectivity index (χ2v) is 7.15. The van der Waals surface area contributed by atoms with Gasteiger partial charge in [0.25, 0.3) is 0 Å². The lowest BCUT2D eigenvalue weighted by molar-refractivity contribution is 0.431. The first kappa shape index (κ1) is 14.7. The van der Waals surface area contributed by atoms with Gasteiger partial charge in [0.1, 0.15) is 33.8 Å². The van der Waals surface area contributed by atoms with Crippen molar-refractivity contribution in [2.24, 2.45) is 4.40 Å². The monoisotopic (exact) mass is 294 g/mol. The normalized spacial score (nSPS) is 13.8. The molecule has 2 rings (SSSR count). The summed E-state index contributed by atoms with van der Waals surface area (Å²) >= 11 is -1.34. The summed E-state index contributed by atoms with van der Waals surface area (Å²) in [6, 6.07) is 7.56. The highest BCUT2D eigenvalue weighted by molar-refractivity contribution is 7.91. The van der Waals surface area contributed by atoms with Gasteiger partial charge in [0.15, 0.2) is 5.76 Å². The van der Waals surface area contributed by atoms with Gasteiger partial charge in [-0.3, -0.25) is 0 Å². The molecule has 0 aliphatic carbocycles. The van der Waals surface area contributed by atoms with Crippen LogP contribution in [0.15, 0.2) is 39.3 Å². The standard InChI is InChI=1S/C14H15FN2O2S/c1-14(2,3)20(18)16-9-12-8-13(19-17-12)10-4-6-11(15)7-5-10/h4-9H,1-3H3/b16-9+. The van der Waals surface area contributed by atoms with Gasteiger partial charge in [0.2, 0.25) is 0 Å². The lowest BCUT2D eigenvalue weighted by Crippen LogP contribution is -2.25. The van der Waals surface area contributed by atoms with Gasteiger partial charge in [-0.2, -0.15) is 0 Å². The van der Waals surface area contributed by atoms with Crippen LogP contribution in [-0.4, -0.2) is 20.7 Å². The summed E-state index contributed by atoms with van der Waals surface area (Å²) in [7, 11) is 0. The number of hydrogen-bond donors (Lipinski definition) is 0. The van der Waals surface area contributed by atoms with Crippen LogP contribution in [0, 0.1) is 5.82 Å². The zero-order chi connectivity index (χ0) is 14.8. The quantitative estimate of drug-likeness (QED) is 0.644. The zero-order valence-corrected chi connectivity index (χ0v) is 12.3. The smallest absolute Gasteiger partial charge is 0.167 e. The van der Waals surface area contributed by atoms with Gasteiger partial charge < -0.3 is 9.08 Å². The summed E-state index contributed by atoms with van der Waals surface area (Å²) in [4.78, 5) is 0. The Kier molecular flexibility index (Phi) is 4.25. The highest BCUT2D eigenvalue weighted by Gasteiger charge is 2.25. The van der Waals surface area contributed by atoms with E-state index in [4.69, 9.17) is 4.52 Å². The van der Waals surface area contributed by atoms with Crippen molar-refractivity contribution in [3.63, 3.8) is 0 Å². The number of hydrogen-bond acceptors (Lipinski definition) is 4. The molecule has 1 atom stereocenters. The molecule has 0 amide bonds. The molecule has 0 N–H and O–H groups in total. The minimum atomic E-state index is -1.34. The molecule has 0 saturated heterocycles. The first-order chi connectivity index (χ1) is 9.36. The topological polar surface area (TPSA) is 61.5 Å². The van der Waals surface area contributed by atoms with Gasteiger partial charge in [-0.05, 0) is 45.0 Å². The van der Waals surface area contributed by atoms with Crippen LogP contribution in [0.1, 0.15) is 26.5 Å². The molecule has 4 nitrogen and oxygen atoms in total. The Balaban J connectivity index is 2.13. The number of aromatic nitrogens is 1. The fourth-order valence-electron chi connectivity index (χ4n) is 1.36. The molecule has 0 bridgehead atoms. The van der Waals surface area contributed by atoms with Gasteiger partial charge >= 0.3 is 0 Å². The van der Waals surface area contributed by atoms with Gasteiger partial charge in [0.05, 0.1) is 0 Å². The summed E-state index contributed by atoms with van der Waals surface area (Å²) in [6.45, 7) is 5.52. The maximum atomic E-state index is 12.8. The van der Waals surface area contributed by atoms with E-state index in [0.29, 0.717) is 11.5 Å². The molecule has 1 unspecified atom stereocenters. The van der Waals surface area contributed by atoms with Crippen LogP contribution in [-0.2, 0) is 11.4 Å². The molecule has 20 heavy (non-hydrogen) atoms. The molecule has 0 spiro atoms. The maximum absolute atomic E-state index is 12.8. The Morgan fingerprint density at radius 1 is 1.30 bits per heavy atom. The van der Waals surface area contributed by atoms with Crippen LogP contribution in [0.3, 0.4) is 0 Å².